The van der Waals surface area contributed by atoms with Gasteiger partial charge in [-0.1, -0.05) is 23.7 Å². The Morgan fingerprint density at radius 1 is 1.43 bits per heavy atom. The van der Waals surface area contributed by atoms with Crippen molar-refractivity contribution in [2.24, 2.45) is 13.0 Å². The summed E-state index contributed by atoms with van der Waals surface area (Å²) in [5.74, 6) is 0.899. The lowest BCUT2D eigenvalue weighted by molar-refractivity contribution is 0.765. The second-order valence-corrected chi connectivity index (χ2v) is 6.43. The molecule has 3 atom stereocenters. The maximum Gasteiger partial charge on any atom is 0.329 e. The number of aromatic nitrogens is 2. The normalized spacial score (nSPS) is 23.8. The minimum absolute atomic E-state index is 0.0663. The molecule has 1 heterocycles. The van der Waals surface area contributed by atoms with E-state index in [1.807, 2.05) is 18.2 Å². The standard InChI is InChI=1S/C16H13ClN4O2/c1-21-15(22)10(6-18)14(20-16(21)23)19-13-9-5-8-7(12(9)13)3-2-4-11(8)17/h2-4,9,12-13,19H,5H2,1H3,(H,20,23). The molecule has 0 radical (unpaired) electrons. The topological polar surface area (TPSA) is 90.7 Å². The highest BCUT2D eigenvalue weighted by molar-refractivity contribution is 6.31. The van der Waals surface area contributed by atoms with Gasteiger partial charge in [-0.25, -0.2) is 4.79 Å². The first-order valence-corrected chi connectivity index (χ1v) is 7.68. The Kier molecular flexibility index (Phi) is 2.90. The lowest BCUT2D eigenvalue weighted by Crippen LogP contribution is -2.35. The summed E-state index contributed by atoms with van der Waals surface area (Å²) >= 11 is 6.22. The average molecular weight is 329 g/mol. The highest BCUT2D eigenvalue weighted by Crippen LogP contribution is 2.58. The van der Waals surface area contributed by atoms with Gasteiger partial charge in [-0.15, -0.1) is 0 Å². The number of nitriles is 1. The van der Waals surface area contributed by atoms with Crippen LogP contribution < -0.4 is 16.6 Å². The third-order valence-corrected chi connectivity index (χ3v) is 5.20. The van der Waals surface area contributed by atoms with E-state index in [0.717, 1.165) is 16.0 Å². The quantitative estimate of drug-likeness (QED) is 0.870. The van der Waals surface area contributed by atoms with Crippen molar-refractivity contribution < 1.29 is 0 Å². The molecule has 2 aromatic rings. The maximum absolute atomic E-state index is 12.0. The number of hydrogen-bond donors (Lipinski definition) is 2. The Balaban J connectivity index is 1.67. The van der Waals surface area contributed by atoms with Gasteiger partial charge in [0, 0.05) is 24.0 Å². The van der Waals surface area contributed by atoms with Crippen LogP contribution in [0.15, 0.2) is 27.8 Å². The molecule has 4 rings (SSSR count). The molecule has 0 aliphatic heterocycles. The van der Waals surface area contributed by atoms with Gasteiger partial charge < -0.3 is 5.32 Å². The third-order valence-electron chi connectivity index (χ3n) is 4.85. The van der Waals surface area contributed by atoms with E-state index in [9.17, 15) is 14.9 Å². The highest BCUT2D eigenvalue weighted by Gasteiger charge is 2.56. The number of rotatable bonds is 2. The Bertz CT molecular complexity index is 985. The van der Waals surface area contributed by atoms with Gasteiger partial charge in [0.05, 0.1) is 0 Å². The van der Waals surface area contributed by atoms with Gasteiger partial charge in [-0.05, 0) is 29.5 Å². The SMILES string of the molecule is Cn1c(=O)[nH]c(NC2C3Cc4c(Cl)cccc4C32)c(C#N)c1=O. The minimum atomic E-state index is -0.590. The van der Waals surface area contributed by atoms with Crippen molar-refractivity contribution in [3.63, 3.8) is 0 Å². The molecule has 1 aromatic carbocycles. The Hall–Kier alpha value is -2.52. The summed E-state index contributed by atoms with van der Waals surface area (Å²) in [4.78, 5) is 26.3. The number of benzene rings is 1. The van der Waals surface area contributed by atoms with Gasteiger partial charge in [0.15, 0.2) is 5.56 Å². The second-order valence-electron chi connectivity index (χ2n) is 6.03. The van der Waals surface area contributed by atoms with Crippen LogP contribution in [-0.2, 0) is 13.5 Å². The summed E-state index contributed by atoms with van der Waals surface area (Å²) < 4.78 is 0.895. The van der Waals surface area contributed by atoms with Crippen LogP contribution in [0.25, 0.3) is 0 Å². The van der Waals surface area contributed by atoms with E-state index < -0.39 is 11.2 Å². The molecule has 7 heteroatoms. The zero-order valence-electron chi connectivity index (χ0n) is 12.3. The monoisotopic (exact) mass is 328 g/mol. The predicted molar refractivity (Wildman–Crippen MR) is 85.8 cm³/mol. The summed E-state index contributed by atoms with van der Waals surface area (Å²) in [6, 6.07) is 7.86. The number of hydrogen-bond acceptors (Lipinski definition) is 4. The predicted octanol–water partition coefficient (Wildman–Crippen LogP) is 1.35. The molecule has 3 unspecified atom stereocenters. The number of anilines is 1. The fourth-order valence-electron chi connectivity index (χ4n) is 3.59. The molecule has 0 spiro atoms. The van der Waals surface area contributed by atoms with Crippen LogP contribution in [0.5, 0.6) is 0 Å². The van der Waals surface area contributed by atoms with Crippen molar-refractivity contribution in [1.82, 2.24) is 9.55 Å². The fourth-order valence-corrected chi connectivity index (χ4v) is 3.85. The summed E-state index contributed by atoms with van der Waals surface area (Å²) in [6.45, 7) is 0. The molecule has 1 saturated carbocycles. The van der Waals surface area contributed by atoms with Gasteiger partial charge in [-0.3, -0.25) is 14.3 Å². The minimum Gasteiger partial charge on any atom is -0.367 e. The van der Waals surface area contributed by atoms with Crippen molar-refractivity contribution in [3.8, 4) is 6.07 Å². The van der Waals surface area contributed by atoms with Crippen LogP contribution in [-0.4, -0.2) is 15.6 Å². The van der Waals surface area contributed by atoms with Crippen LogP contribution >= 0.6 is 11.6 Å². The van der Waals surface area contributed by atoms with Gasteiger partial charge in [-0.2, -0.15) is 5.26 Å². The average Bonchev–Trinajstić information content (AvgIpc) is 3.03. The number of fused-ring (bicyclic) bond motifs is 3. The van der Waals surface area contributed by atoms with E-state index in [0.29, 0.717) is 11.8 Å². The molecule has 2 aliphatic rings. The molecule has 6 nitrogen and oxygen atoms in total. The van der Waals surface area contributed by atoms with Crippen molar-refractivity contribution >= 4 is 17.4 Å². The van der Waals surface area contributed by atoms with E-state index in [1.165, 1.54) is 18.2 Å². The smallest absolute Gasteiger partial charge is 0.329 e. The van der Waals surface area contributed by atoms with Crippen LogP contribution in [0.1, 0.15) is 22.6 Å². The zero-order chi connectivity index (χ0) is 16.3. The first-order valence-electron chi connectivity index (χ1n) is 7.30. The lowest BCUT2D eigenvalue weighted by atomic mass is 10.0. The number of nitrogens with zero attached hydrogens (tertiary/aromatic N) is 2. The molecule has 1 fully saturated rings. The number of nitrogens with one attached hydrogen (secondary N) is 2. The molecule has 2 N–H and O–H groups in total. The number of halogens is 1. The summed E-state index contributed by atoms with van der Waals surface area (Å²) in [6.07, 6.45) is 0.869. The molecular weight excluding hydrogens is 316 g/mol. The van der Waals surface area contributed by atoms with E-state index in [2.05, 4.69) is 16.4 Å². The van der Waals surface area contributed by atoms with Crippen molar-refractivity contribution in [2.45, 2.75) is 18.4 Å². The van der Waals surface area contributed by atoms with Crippen LogP contribution in [0.3, 0.4) is 0 Å². The summed E-state index contributed by atoms with van der Waals surface area (Å²) in [5.41, 5.74) is 1.20. The fraction of sp³-hybridized carbons (Fsp3) is 0.312. The highest BCUT2D eigenvalue weighted by atomic mass is 35.5. The molecule has 1 aromatic heterocycles. The molecule has 0 amide bonds. The molecule has 0 saturated heterocycles. The Morgan fingerprint density at radius 2 is 2.22 bits per heavy atom. The Labute approximate surface area is 136 Å². The molecular formula is C16H13ClN4O2. The van der Waals surface area contributed by atoms with E-state index in [1.54, 1.807) is 0 Å². The van der Waals surface area contributed by atoms with E-state index >= 15 is 0 Å². The van der Waals surface area contributed by atoms with Crippen molar-refractivity contribution in [3.05, 3.63) is 60.8 Å². The van der Waals surface area contributed by atoms with E-state index in [4.69, 9.17) is 11.6 Å². The van der Waals surface area contributed by atoms with Gasteiger partial charge in [0.2, 0.25) is 0 Å². The van der Waals surface area contributed by atoms with Crippen LogP contribution in [0.2, 0.25) is 5.02 Å². The van der Waals surface area contributed by atoms with Crippen LogP contribution in [0, 0.1) is 17.2 Å². The first kappa shape index (κ1) is 14.1. The molecule has 2 aliphatic carbocycles. The van der Waals surface area contributed by atoms with E-state index in [-0.39, 0.29) is 17.4 Å². The Morgan fingerprint density at radius 3 is 2.96 bits per heavy atom. The number of aromatic amines is 1. The molecule has 0 bridgehead atoms. The lowest BCUT2D eigenvalue weighted by Gasteiger charge is -2.12. The molecule has 116 valence electrons. The third kappa shape index (κ3) is 1.93. The van der Waals surface area contributed by atoms with Gasteiger partial charge in [0.25, 0.3) is 5.56 Å². The largest absolute Gasteiger partial charge is 0.367 e. The van der Waals surface area contributed by atoms with Crippen molar-refractivity contribution in [2.75, 3.05) is 5.32 Å². The van der Waals surface area contributed by atoms with Crippen molar-refractivity contribution in [1.29, 1.82) is 5.26 Å². The zero-order valence-corrected chi connectivity index (χ0v) is 13.0. The second kappa shape index (κ2) is 4.74. The first-order chi connectivity index (χ1) is 11.0. The van der Waals surface area contributed by atoms with Gasteiger partial charge in [0.1, 0.15) is 11.9 Å². The van der Waals surface area contributed by atoms with Crippen LogP contribution in [0.4, 0.5) is 5.82 Å². The van der Waals surface area contributed by atoms with Gasteiger partial charge >= 0.3 is 5.69 Å². The number of H-pyrrole nitrogens is 1. The molecule has 23 heavy (non-hydrogen) atoms. The maximum atomic E-state index is 12.0. The summed E-state index contributed by atoms with van der Waals surface area (Å²) in [5, 5.41) is 13.2. The summed E-state index contributed by atoms with van der Waals surface area (Å²) in [7, 11) is 1.34.